The fourth-order valence-electron chi connectivity index (χ4n) is 1.15. The van der Waals surface area contributed by atoms with Crippen LogP contribution in [0.15, 0.2) is 18.2 Å². The lowest BCUT2D eigenvalue weighted by atomic mass is 10.1. The first-order chi connectivity index (χ1) is 6.31. The quantitative estimate of drug-likeness (QED) is 0.716. The molecule has 0 heterocycles. The van der Waals surface area contributed by atoms with E-state index >= 15 is 0 Å². The Labute approximate surface area is 77.3 Å². The Balaban J connectivity index is 2.95. The van der Waals surface area contributed by atoms with Gasteiger partial charge in [-0.1, -0.05) is 13.0 Å². The van der Waals surface area contributed by atoms with Gasteiger partial charge in [0.25, 0.3) is 0 Å². The van der Waals surface area contributed by atoms with Crippen LogP contribution in [-0.4, -0.2) is 14.0 Å². The maximum atomic E-state index is 12.0. The van der Waals surface area contributed by atoms with Gasteiger partial charge in [-0.25, -0.2) is 4.39 Å². The highest BCUT2D eigenvalue weighted by Crippen LogP contribution is 2.25. The molecule has 1 rings (SSSR count). The summed E-state index contributed by atoms with van der Waals surface area (Å²) in [5.74, 6) is 1.24. The molecule has 0 N–H and O–H groups in total. The molecule has 0 aliphatic heterocycles. The van der Waals surface area contributed by atoms with E-state index in [9.17, 15) is 4.39 Å². The van der Waals surface area contributed by atoms with Crippen molar-refractivity contribution < 1.29 is 13.9 Å². The largest absolute Gasteiger partial charge is 0.497 e. The normalized spacial score (nSPS) is 9.77. The summed E-state index contributed by atoms with van der Waals surface area (Å²) in [7, 11) is 1.57. The minimum atomic E-state index is -0.805. The second-order valence-electron chi connectivity index (χ2n) is 2.58. The first kappa shape index (κ1) is 9.84. The van der Waals surface area contributed by atoms with E-state index in [1.165, 1.54) is 0 Å². The van der Waals surface area contributed by atoms with Gasteiger partial charge in [0.1, 0.15) is 11.5 Å². The number of benzene rings is 1. The zero-order valence-corrected chi connectivity index (χ0v) is 7.84. The van der Waals surface area contributed by atoms with Crippen molar-refractivity contribution >= 4 is 0 Å². The summed E-state index contributed by atoms with van der Waals surface area (Å²) in [4.78, 5) is 0. The smallest absolute Gasteiger partial charge is 0.228 e. The van der Waals surface area contributed by atoms with Crippen molar-refractivity contribution in [2.75, 3.05) is 14.0 Å². The highest BCUT2D eigenvalue weighted by Gasteiger charge is 2.03. The zero-order chi connectivity index (χ0) is 9.68. The SMILES string of the molecule is CCc1ccc(OC)cc1OCF. The zero-order valence-electron chi connectivity index (χ0n) is 7.84. The molecule has 0 aromatic heterocycles. The Bertz CT molecular complexity index is 274. The summed E-state index contributed by atoms with van der Waals surface area (Å²) in [6.45, 7) is 1.19. The number of methoxy groups -OCH3 is 1. The molecular formula is C10H13FO2. The van der Waals surface area contributed by atoms with Crippen molar-refractivity contribution in [3.8, 4) is 11.5 Å². The van der Waals surface area contributed by atoms with Crippen LogP contribution in [0.25, 0.3) is 0 Å². The van der Waals surface area contributed by atoms with Crippen molar-refractivity contribution in [3.05, 3.63) is 23.8 Å². The number of aryl methyl sites for hydroxylation is 1. The summed E-state index contributed by atoms with van der Waals surface area (Å²) in [6, 6.07) is 5.41. The predicted octanol–water partition coefficient (Wildman–Crippen LogP) is 2.56. The Kier molecular flexibility index (Phi) is 3.55. The standard InChI is InChI=1S/C10H13FO2/c1-3-8-4-5-9(12-2)6-10(8)13-7-11/h4-6H,3,7H2,1-2H3. The number of hydrogen-bond donors (Lipinski definition) is 0. The van der Waals surface area contributed by atoms with Crippen molar-refractivity contribution in [1.29, 1.82) is 0 Å². The molecule has 3 heteroatoms. The summed E-state index contributed by atoms with van der Waals surface area (Å²) in [5.41, 5.74) is 0.985. The highest BCUT2D eigenvalue weighted by atomic mass is 19.1. The lowest BCUT2D eigenvalue weighted by molar-refractivity contribution is 0.189. The molecule has 0 radical (unpaired) electrons. The van der Waals surface area contributed by atoms with Gasteiger partial charge in [-0.05, 0) is 18.1 Å². The third-order valence-corrected chi connectivity index (χ3v) is 1.87. The maximum absolute atomic E-state index is 12.0. The van der Waals surface area contributed by atoms with Crippen molar-refractivity contribution in [2.24, 2.45) is 0 Å². The highest BCUT2D eigenvalue weighted by molar-refractivity contribution is 5.40. The molecule has 0 amide bonds. The molecule has 0 atom stereocenters. The van der Waals surface area contributed by atoms with E-state index in [1.54, 1.807) is 13.2 Å². The van der Waals surface area contributed by atoms with Crippen LogP contribution in [0, 0.1) is 0 Å². The molecule has 0 aliphatic rings. The van der Waals surface area contributed by atoms with Gasteiger partial charge in [0.05, 0.1) is 7.11 Å². The summed E-state index contributed by atoms with van der Waals surface area (Å²) in [5, 5.41) is 0. The van der Waals surface area contributed by atoms with Crippen LogP contribution >= 0.6 is 0 Å². The minimum absolute atomic E-state index is 0.560. The average Bonchev–Trinajstić information content (AvgIpc) is 2.18. The first-order valence-electron chi connectivity index (χ1n) is 4.17. The Morgan fingerprint density at radius 3 is 2.69 bits per heavy atom. The lowest BCUT2D eigenvalue weighted by Gasteiger charge is -2.08. The van der Waals surface area contributed by atoms with E-state index < -0.39 is 6.86 Å². The second kappa shape index (κ2) is 4.70. The summed E-state index contributed by atoms with van der Waals surface area (Å²) >= 11 is 0. The van der Waals surface area contributed by atoms with E-state index in [4.69, 9.17) is 9.47 Å². The number of hydrogen-bond acceptors (Lipinski definition) is 2. The average molecular weight is 184 g/mol. The van der Waals surface area contributed by atoms with Crippen molar-refractivity contribution in [2.45, 2.75) is 13.3 Å². The van der Waals surface area contributed by atoms with Crippen LogP contribution < -0.4 is 9.47 Å². The van der Waals surface area contributed by atoms with Gasteiger partial charge in [-0.2, -0.15) is 0 Å². The first-order valence-corrected chi connectivity index (χ1v) is 4.17. The van der Waals surface area contributed by atoms with Gasteiger partial charge in [0.2, 0.25) is 6.86 Å². The fraction of sp³-hybridized carbons (Fsp3) is 0.400. The van der Waals surface area contributed by atoms with Crippen LogP contribution in [0.5, 0.6) is 11.5 Å². The van der Waals surface area contributed by atoms with E-state index in [1.807, 2.05) is 19.1 Å². The Hall–Kier alpha value is -1.25. The van der Waals surface area contributed by atoms with E-state index in [0.717, 1.165) is 12.0 Å². The van der Waals surface area contributed by atoms with Crippen molar-refractivity contribution in [1.82, 2.24) is 0 Å². The number of rotatable bonds is 4. The molecule has 0 spiro atoms. The predicted molar refractivity (Wildman–Crippen MR) is 49.0 cm³/mol. The van der Waals surface area contributed by atoms with Gasteiger partial charge in [-0.3, -0.25) is 0 Å². The lowest BCUT2D eigenvalue weighted by Crippen LogP contribution is -1.95. The topological polar surface area (TPSA) is 18.5 Å². The molecule has 0 bridgehead atoms. The molecule has 0 unspecified atom stereocenters. The van der Waals surface area contributed by atoms with E-state index in [2.05, 4.69) is 0 Å². The number of alkyl halides is 1. The summed E-state index contributed by atoms with van der Waals surface area (Å²) in [6.07, 6.45) is 0.819. The van der Waals surface area contributed by atoms with Gasteiger partial charge in [0, 0.05) is 6.07 Å². The monoisotopic (exact) mass is 184 g/mol. The molecular weight excluding hydrogens is 171 g/mol. The van der Waals surface area contributed by atoms with E-state index in [-0.39, 0.29) is 0 Å². The number of halogens is 1. The van der Waals surface area contributed by atoms with Crippen LogP contribution in [-0.2, 0) is 6.42 Å². The third kappa shape index (κ3) is 2.34. The molecule has 0 fully saturated rings. The van der Waals surface area contributed by atoms with Crippen LogP contribution in [0.2, 0.25) is 0 Å². The van der Waals surface area contributed by atoms with Crippen LogP contribution in [0.4, 0.5) is 4.39 Å². The van der Waals surface area contributed by atoms with Crippen LogP contribution in [0.1, 0.15) is 12.5 Å². The molecule has 13 heavy (non-hydrogen) atoms. The molecule has 72 valence electrons. The minimum Gasteiger partial charge on any atom is -0.497 e. The molecule has 1 aromatic rings. The van der Waals surface area contributed by atoms with Gasteiger partial charge in [0.15, 0.2) is 0 Å². The maximum Gasteiger partial charge on any atom is 0.228 e. The van der Waals surface area contributed by atoms with Crippen LogP contribution in [0.3, 0.4) is 0 Å². The van der Waals surface area contributed by atoms with Gasteiger partial charge in [-0.15, -0.1) is 0 Å². The number of ether oxygens (including phenoxy) is 2. The third-order valence-electron chi connectivity index (χ3n) is 1.87. The Morgan fingerprint density at radius 2 is 2.15 bits per heavy atom. The molecule has 0 aliphatic carbocycles. The fourth-order valence-corrected chi connectivity index (χ4v) is 1.15. The molecule has 0 saturated carbocycles. The van der Waals surface area contributed by atoms with Gasteiger partial charge < -0.3 is 9.47 Å². The molecule has 0 saturated heterocycles. The second-order valence-corrected chi connectivity index (χ2v) is 2.58. The molecule has 1 aromatic carbocycles. The van der Waals surface area contributed by atoms with Crippen molar-refractivity contribution in [3.63, 3.8) is 0 Å². The summed E-state index contributed by atoms with van der Waals surface area (Å²) < 4.78 is 21.8. The van der Waals surface area contributed by atoms with E-state index in [0.29, 0.717) is 11.5 Å². The molecule has 2 nitrogen and oxygen atoms in total. The Morgan fingerprint density at radius 1 is 1.38 bits per heavy atom. The van der Waals surface area contributed by atoms with Gasteiger partial charge >= 0.3 is 0 Å².